The molecule has 0 aliphatic rings. The van der Waals surface area contributed by atoms with Gasteiger partial charge in [-0.05, 0) is 45.0 Å². The van der Waals surface area contributed by atoms with Crippen molar-refractivity contribution < 1.29 is 19.4 Å². The van der Waals surface area contributed by atoms with Gasteiger partial charge in [0.15, 0.2) is 0 Å². The molecule has 0 saturated carbocycles. The molecule has 1 N–H and O–H groups in total. The molecule has 5 heteroatoms. The summed E-state index contributed by atoms with van der Waals surface area (Å²) in [6.07, 6.45) is 0. The van der Waals surface area contributed by atoms with Crippen LogP contribution in [0.5, 0.6) is 5.75 Å². The van der Waals surface area contributed by atoms with Gasteiger partial charge in [-0.2, -0.15) is 0 Å². The van der Waals surface area contributed by atoms with Gasteiger partial charge in [0.2, 0.25) is 0 Å². The van der Waals surface area contributed by atoms with E-state index >= 15 is 0 Å². The van der Waals surface area contributed by atoms with Crippen LogP contribution in [-0.4, -0.2) is 41.1 Å². The fraction of sp³-hybridized carbons (Fsp3) is 0.429. The average molecular weight is 265 g/mol. The molecule has 0 aliphatic heterocycles. The molecular weight excluding hydrogens is 246 g/mol. The Morgan fingerprint density at radius 1 is 1.21 bits per heavy atom. The number of carbonyl (C=O) groups excluding carboxylic acids is 1. The minimum absolute atomic E-state index is 0.300. The van der Waals surface area contributed by atoms with Crippen LogP contribution < -0.4 is 4.74 Å². The molecule has 0 aromatic heterocycles. The number of ether oxygens (including phenoxy) is 1. The van der Waals surface area contributed by atoms with Crippen LogP contribution in [0.3, 0.4) is 0 Å². The highest BCUT2D eigenvalue weighted by Crippen LogP contribution is 2.18. The molecule has 1 rings (SSSR count). The van der Waals surface area contributed by atoms with Gasteiger partial charge in [-0.1, -0.05) is 0 Å². The van der Waals surface area contributed by atoms with Crippen molar-refractivity contribution in [1.29, 1.82) is 0 Å². The highest BCUT2D eigenvalue weighted by atomic mass is 16.5. The number of rotatable bonds is 4. The van der Waals surface area contributed by atoms with Crippen molar-refractivity contribution >= 4 is 11.9 Å². The Kier molecular flexibility index (Phi) is 4.53. The van der Waals surface area contributed by atoms with E-state index in [9.17, 15) is 9.59 Å². The summed E-state index contributed by atoms with van der Waals surface area (Å²) in [5.74, 6) is -0.696. The number of carbonyl (C=O) groups is 2. The van der Waals surface area contributed by atoms with Gasteiger partial charge < -0.3 is 14.7 Å². The summed E-state index contributed by atoms with van der Waals surface area (Å²) in [5, 5.41) is 8.64. The lowest BCUT2D eigenvalue weighted by Gasteiger charge is -2.21. The quantitative estimate of drug-likeness (QED) is 0.904. The molecule has 0 aliphatic carbocycles. The first-order chi connectivity index (χ1) is 8.69. The van der Waals surface area contributed by atoms with Gasteiger partial charge in [0, 0.05) is 12.6 Å². The number of amides is 1. The molecule has 104 valence electrons. The standard InChI is InChI=1S/C14H19NO4/c1-14(2,3)19-11-7-5-10(6-8-11)13(18)15(4)9-12(16)17/h5-8H,9H2,1-4H3,(H,16,17). The minimum Gasteiger partial charge on any atom is -0.488 e. The summed E-state index contributed by atoms with van der Waals surface area (Å²) >= 11 is 0. The van der Waals surface area contributed by atoms with Crippen LogP contribution in [0, 0.1) is 0 Å². The number of hydrogen-bond donors (Lipinski definition) is 1. The molecule has 0 radical (unpaired) electrons. The van der Waals surface area contributed by atoms with Gasteiger partial charge >= 0.3 is 5.97 Å². The predicted molar refractivity (Wildman–Crippen MR) is 71.4 cm³/mol. The van der Waals surface area contributed by atoms with Crippen molar-refractivity contribution in [1.82, 2.24) is 4.90 Å². The van der Waals surface area contributed by atoms with Crippen molar-refractivity contribution in [2.24, 2.45) is 0 Å². The average Bonchev–Trinajstić information content (AvgIpc) is 2.26. The van der Waals surface area contributed by atoms with Crippen molar-refractivity contribution in [2.75, 3.05) is 13.6 Å². The van der Waals surface area contributed by atoms with Crippen molar-refractivity contribution in [3.05, 3.63) is 29.8 Å². The Labute approximate surface area is 112 Å². The number of nitrogens with zero attached hydrogens (tertiary/aromatic N) is 1. The fourth-order valence-corrected chi connectivity index (χ4v) is 1.51. The van der Waals surface area contributed by atoms with Gasteiger partial charge in [0.25, 0.3) is 5.91 Å². The second kappa shape index (κ2) is 5.73. The fourth-order valence-electron chi connectivity index (χ4n) is 1.51. The Morgan fingerprint density at radius 2 is 1.74 bits per heavy atom. The van der Waals surface area contributed by atoms with Gasteiger partial charge in [-0.25, -0.2) is 0 Å². The molecule has 0 unspecified atom stereocenters. The molecule has 0 saturated heterocycles. The maximum absolute atomic E-state index is 11.9. The van der Waals surface area contributed by atoms with E-state index in [4.69, 9.17) is 9.84 Å². The molecule has 1 aromatic rings. The minimum atomic E-state index is -1.04. The maximum atomic E-state index is 11.9. The summed E-state index contributed by atoms with van der Waals surface area (Å²) in [5.41, 5.74) is 0.135. The lowest BCUT2D eigenvalue weighted by molar-refractivity contribution is -0.137. The van der Waals surface area contributed by atoms with Gasteiger partial charge in [0.05, 0.1) is 0 Å². The van der Waals surface area contributed by atoms with Gasteiger partial charge in [-0.15, -0.1) is 0 Å². The zero-order valence-electron chi connectivity index (χ0n) is 11.6. The van der Waals surface area contributed by atoms with Crippen LogP contribution in [0.1, 0.15) is 31.1 Å². The lowest BCUT2D eigenvalue weighted by Crippen LogP contribution is -2.31. The number of carboxylic acid groups (broad SMARTS) is 1. The Bertz CT molecular complexity index is 459. The summed E-state index contributed by atoms with van der Waals surface area (Å²) in [4.78, 5) is 23.6. The van der Waals surface area contributed by atoms with Crippen molar-refractivity contribution in [3.8, 4) is 5.75 Å². The monoisotopic (exact) mass is 265 g/mol. The number of carboxylic acids is 1. The third-order valence-corrected chi connectivity index (χ3v) is 2.24. The highest BCUT2D eigenvalue weighted by molar-refractivity contribution is 5.95. The Morgan fingerprint density at radius 3 is 2.16 bits per heavy atom. The van der Waals surface area contributed by atoms with Crippen LogP contribution >= 0.6 is 0 Å². The van der Waals surface area contributed by atoms with Crippen LogP contribution in [0.4, 0.5) is 0 Å². The van der Waals surface area contributed by atoms with E-state index in [1.165, 1.54) is 7.05 Å². The molecule has 0 atom stereocenters. The van der Waals surface area contributed by atoms with E-state index in [1.54, 1.807) is 24.3 Å². The van der Waals surface area contributed by atoms with E-state index < -0.39 is 5.97 Å². The number of benzene rings is 1. The van der Waals surface area contributed by atoms with Gasteiger partial charge in [-0.3, -0.25) is 9.59 Å². The summed E-state index contributed by atoms with van der Waals surface area (Å²) < 4.78 is 5.64. The molecule has 1 amide bonds. The SMILES string of the molecule is CN(CC(=O)O)C(=O)c1ccc(OC(C)(C)C)cc1. The second-order valence-corrected chi connectivity index (χ2v) is 5.29. The molecule has 0 heterocycles. The molecule has 0 spiro atoms. The number of hydrogen-bond acceptors (Lipinski definition) is 3. The van der Waals surface area contributed by atoms with E-state index in [1.807, 2.05) is 20.8 Å². The molecular formula is C14H19NO4. The first-order valence-corrected chi connectivity index (χ1v) is 5.95. The van der Waals surface area contributed by atoms with Crippen molar-refractivity contribution in [3.63, 3.8) is 0 Å². The van der Waals surface area contributed by atoms with Crippen LogP contribution in [0.2, 0.25) is 0 Å². The summed E-state index contributed by atoms with van der Waals surface area (Å²) in [7, 11) is 1.45. The van der Waals surface area contributed by atoms with E-state index in [0.29, 0.717) is 11.3 Å². The molecule has 5 nitrogen and oxygen atoms in total. The zero-order valence-corrected chi connectivity index (χ0v) is 11.6. The van der Waals surface area contributed by atoms with Crippen LogP contribution in [-0.2, 0) is 4.79 Å². The third kappa shape index (κ3) is 4.99. The van der Waals surface area contributed by atoms with Crippen molar-refractivity contribution in [2.45, 2.75) is 26.4 Å². The van der Waals surface area contributed by atoms with E-state index in [0.717, 1.165) is 4.90 Å². The van der Waals surface area contributed by atoms with E-state index in [-0.39, 0.29) is 18.1 Å². The molecule has 19 heavy (non-hydrogen) atoms. The molecule has 0 fully saturated rings. The lowest BCUT2D eigenvalue weighted by atomic mass is 10.1. The smallest absolute Gasteiger partial charge is 0.323 e. The van der Waals surface area contributed by atoms with E-state index in [2.05, 4.69) is 0 Å². The second-order valence-electron chi connectivity index (χ2n) is 5.29. The number of aliphatic carboxylic acids is 1. The number of likely N-dealkylation sites (N-methyl/N-ethyl adjacent to an activating group) is 1. The zero-order chi connectivity index (χ0) is 14.6. The molecule has 0 bridgehead atoms. The van der Waals surface area contributed by atoms with Gasteiger partial charge in [0.1, 0.15) is 17.9 Å². The molecule has 1 aromatic carbocycles. The Hall–Kier alpha value is -2.04. The Balaban J connectivity index is 2.76. The predicted octanol–water partition coefficient (Wildman–Crippen LogP) is 2.02. The highest BCUT2D eigenvalue weighted by Gasteiger charge is 2.15. The third-order valence-electron chi connectivity index (χ3n) is 2.24. The first-order valence-electron chi connectivity index (χ1n) is 5.95. The largest absolute Gasteiger partial charge is 0.488 e. The van der Waals surface area contributed by atoms with Crippen LogP contribution in [0.15, 0.2) is 24.3 Å². The first kappa shape index (κ1) is 15.0. The normalized spacial score (nSPS) is 10.9. The van der Waals surface area contributed by atoms with Crippen LogP contribution in [0.25, 0.3) is 0 Å². The maximum Gasteiger partial charge on any atom is 0.323 e. The summed E-state index contributed by atoms with van der Waals surface area (Å²) in [6.45, 7) is 5.49. The summed E-state index contributed by atoms with van der Waals surface area (Å²) in [6, 6.07) is 6.66. The topological polar surface area (TPSA) is 66.8 Å².